The number of aryl methyl sites for hydroxylation is 2. The summed E-state index contributed by atoms with van der Waals surface area (Å²) >= 11 is 0. The molecule has 0 saturated heterocycles. The zero-order valence-corrected chi connectivity index (χ0v) is 11.3. The first kappa shape index (κ1) is 14.7. The summed E-state index contributed by atoms with van der Waals surface area (Å²) in [5, 5.41) is 12.2. The molecule has 0 radical (unpaired) electrons. The molecule has 1 unspecified atom stereocenters. The third-order valence-electron chi connectivity index (χ3n) is 3.03. The standard InChI is InChI=1S/C15H23NO2/c1-3-14(17)10-11-16-15(18)9-8-13-6-4-12(2)5-7-13/h4-7,14,17H,3,8-11H2,1-2H3,(H,16,18). The zero-order chi connectivity index (χ0) is 13.4. The van der Waals surface area contributed by atoms with E-state index in [0.717, 1.165) is 12.8 Å². The highest BCUT2D eigenvalue weighted by Gasteiger charge is 2.04. The Morgan fingerprint density at radius 3 is 2.61 bits per heavy atom. The summed E-state index contributed by atoms with van der Waals surface area (Å²) < 4.78 is 0. The molecule has 0 spiro atoms. The lowest BCUT2D eigenvalue weighted by Crippen LogP contribution is -2.27. The molecule has 0 heterocycles. The third kappa shape index (κ3) is 5.82. The highest BCUT2D eigenvalue weighted by molar-refractivity contribution is 5.76. The second-order valence-corrected chi connectivity index (χ2v) is 4.69. The Labute approximate surface area is 109 Å². The third-order valence-corrected chi connectivity index (χ3v) is 3.03. The summed E-state index contributed by atoms with van der Waals surface area (Å²) in [4.78, 5) is 11.6. The topological polar surface area (TPSA) is 49.3 Å². The lowest BCUT2D eigenvalue weighted by molar-refractivity contribution is -0.121. The van der Waals surface area contributed by atoms with Crippen molar-refractivity contribution in [3.63, 3.8) is 0 Å². The Morgan fingerprint density at radius 1 is 1.33 bits per heavy atom. The molecule has 0 aliphatic rings. The number of aliphatic hydroxyl groups excluding tert-OH is 1. The molecule has 2 N–H and O–H groups in total. The van der Waals surface area contributed by atoms with Gasteiger partial charge in [0.1, 0.15) is 0 Å². The van der Waals surface area contributed by atoms with Crippen molar-refractivity contribution in [1.82, 2.24) is 5.32 Å². The number of hydrogen-bond acceptors (Lipinski definition) is 2. The minimum atomic E-state index is -0.303. The van der Waals surface area contributed by atoms with Gasteiger partial charge in [0.2, 0.25) is 5.91 Å². The molecule has 1 aromatic carbocycles. The van der Waals surface area contributed by atoms with Crippen LogP contribution in [-0.2, 0) is 11.2 Å². The Balaban J connectivity index is 2.19. The van der Waals surface area contributed by atoms with Crippen molar-refractivity contribution in [3.8, 4) is 0 Å². The van der Waals surface area contributed by atoms with E-state index in [1.165, 1.54) is 11.1 Å². The molecule has 100 valence electrons. The second kappa shape index (κ2) is 7.88. The van der Waals surface area contributed by atoms with Crippen molar-refractivity contribution in [2.24, 2.45) is 0 Å². The molecule has 1 atom stereocenters. The van der Waals surface area contributed by atoms with Crippen LogP contribution >= 0.6 is 0 Å². The van der Waals surface area contributed by atoms with E-state index < -0.39 is 0 Å². The molecule has 3 nitrogen and oxygen atoms in total. The molecule has 3 heteroatoms. The SMILES string of the molecule is CCC(O)CCNC(=O)CCc1ccc(C)cc1. The molecule has 18 heavy (non-hydrogen) atoms. The number of aliphatic hydroxyl groups is 1. The summed E-state index contributed by atoms with van der Waals surface area (Å²) in [7, 11) is 0. The summed E-state index contributed by atoms with van der Waals surface area (Å²) in [5.41, 5.74) is 2.42. The van der Waals surface area contributed by atoms with E-state index in [9.17, 15) is 9.90 Å². The average molecular weight is 249 g/mol. The summed E-state index contributed by atoms with van der Waals surface area (Å²) in [6.45, 7) is 4.54. The van der Waals surface area contributed by atoms with Crippen LogP contribution in [-0.4, -0.2) is 23.7 Å². The Hall–Kier alpha value is -1.35. The van der Waals surface area contributed by atoms with Crippen LogP contribution in [0.25, 0.3) is 0 Å². The number of nitrogens with one attached hydrogen (secondary N) is 1. The van der Waals surface area contributed by atoms with Gasteiger partial charge in [-0.1, -0.05) is 36.8 Å². The lowest BCUT2D eigenvalue weighted by Gasteiger charge is -2.08. The minimum absolute atomic E-state index is 0.0545. The van der Waals surface area contributed by atoms with Crippen LogP contribution in [0, 0.1) is 6.92 Å². The minimum Gasteiger partial charge on any atom is -0.393 e. The van der Waals surface area contributed by atoms with Crippen molar-refractivity contribution >= 4 is 5.91 Å². The maximum absolute atomic E-state index is 11.6. The summed E-state index contributed by atoms with van der Waals surface area (Å²) in [5.74, 6) is 0.0545. The number of carbonyl (C=O) groups excluding carboxylic acids is 1. The van der Waals surface area contributed by atoms with E-state index in [1.807, 2.05) is 6.92 Å². The average Bonchev–Trinajstić information content (AvgIpc) is 2.38. The molecule has 0 aromatic heterocycles. The van der Waals surface area contributed by atoms with Gasteiger partial charge in [-0.15, -0.1) is 0 Å². The molecular weight excluding hydrogens is 226 g/mol. The number of rotatable bonds is 7. The van der Waals surface area contributed by atoms with Gasteiger partial charge in [0, 0.05) is 13.0 Å². The lowest BCUT2D eigenvalue weighted by atomic mass is 10.1. The fourth-order valence-electron chi connectivity index (χ4n) is 1.68. The Kier molecular flexibility index (Phi) is 6.44. The molecule has 1 rings (SSSR count). The van der Waals surface area contributed by atoms with Crippen LogP contribution in [0.5, 0.6) is 0 Å². The summed E-state index contributed by atoms with van der Waals surface area (Å²) in [6, 6.07) is 8.24. The van der Waals surface area contributed by atoms with Crippen LogP contribution in [0.2, 0.25) is 0 Å². The maximum atomic E-state index is 11.6. The molecule has 0 bridgehead atoms. The number of carbonyl (C=O) groups is 1. The largest absolute Gasteiger partial charge is 0.393 e. The normalized spacial score (nSPS) is 12.2. The van der Waals surface area contributed by atoms with Gasteiger partial charge in [0.25, 0.3) is 0 Å². The van der Waals surface area contributed by atoms with Gasteiger partial charge in [-0.05, 0) is 31.7 Å². The van der Waals surface area contributed by atoms with Gasteiger partial charge >= 0.3 is 0 Å². The molecule has 0 aliphatic heterocycles. The highest BCUT2D eigenvalue weighted by Crippen LogP contribution is 2.05. The fourth-order valence-corrected chi connectivity index (χ4v) is 1.68. The maximum Gasteiger partial charge on any atom is 0.220 e. The van der Waals surface area contributed by atoms with Crippen molar-refractivity contribution in [3.05, 3.63) is 35.4 Å². The van der Waals surface area contributed by atoms with Crippen LogP contribution in [0.3, 0.4) is 0 Å². The Bertz CT molecular complexity index is 359. The van der Waals surface area contributed by atoms with Crippen molar-refractivity contribution in [2.45, 2.75) is 45.6 Å². The van der Waals surface area contributed by atoms with E-state index >= 15 is 0 Å². The van der Waals surface area contributed by atoms with Gasteiger partial charge in [0.05, 0.1) is 6.10 Å². The number of benzene rings is 1. The van der Waals surface area contributed by atoms with Gasteiger partial charge in [0.15, 0.2) is 0 Å². The number of hydrogen-bond donors (Lipinski definition) is 2. The van der Waals surface area contributed by atoms with Crippen LogP contribution in [0.1, 0.15) is 37.3 Å². The summed E-state index contributed by atoms with van der Waals surface area (Å²) in [6.07, 6.45) is 2.34. The molecule has 0 fully saturated rings. The van der Waals surface area contributed by atoms with E-state index in [0.29, 0.717) is 19.4 Å². The highest BCUT2D eigenvalue weighted by atomic mass is 16.3. The monoisotopic (exact) mass is 249 g/mol. The fraction of sp³-hybridized carbons (Fsp3) is 0.533. The molecule has 0 aliphatic carbocycles. The molecule has 0 saturated carbocycles. The predicted octanol–water partition coefficient (Wildman–Crippen LogP) is 2.20. The van der Waals surface area contributed by atoms with Crippen LogP contribution in [0.15, 0.2) is 24.3 Å². The van der Waals surface area contributed by atoms with Gasteiger partial charge in [-0.25, -0.2) is 0 Å². The first-order valence-electron chi connectivity index (χ1n) is 6.62. The van der Waals surface area contributed by atoms with Gasteiger partial charge in [-0.3, -0.25) is 4.79 Å². The van der Waals surface area contributed by atoms with E-state index in [2.05, 4.69) is 36.5 Å². The van der Waals surface area contributed by atoms with E-state index in [4.69, 9.17) is 0 Å². The van der Waals surface area contributed by atoms with Crippen LogP contribution < -0.4 is 5.32 Å². The smallest absolute Gasteiger partial charge is 0.220 e. The number of amides is 1. The molecular formula is C15H23NO2. The van der Waals surface area contributed by atoms with Crippen molar-refractivity contribution in [2.75, 3.05) is 6.54 Å². The molecule has 1 amide bonds. The van der Waals surface area contributed by atoms with Crippen molar-refractivity contribution in [1.29, 1.82) is 0 Å². The van der Waals surface area contributed by atoms with E-state index in [-0.39, 0.29) is 12.0 Å². The zero-order valence-electron chi connectivity index (χ0n) is 11.3. The molecule has 1 aromatic rings. The quantitative estimate of drug-likeness (QED) is 0.778. The van der Waals surface area contributed by atoms with Gasteiger partial charge < -0.3 is 10.4 Å². The van der Waals surface area contributed by atoms with Crippen molar-refractivity contribution < 1.29 is 9.90 Å². The first-order valence-corrected chi connectivity index (χ1v) is 6.62. The van der Waals surface area contributed by atoms with Crippen LogP contribution in [0.4, 0.5) is 0 Å². The second-order valence-electron chi connectivity index (χ2n) is 4.69. The first-order chi connectivity index (χ1) is 8.61. The predicted molar refractivity (Wildman–Crippen MR) is 73.4 cm³/mol. The Morgan fingerprint density at radius 2 is 2.00 bits per heavy atom. The van der Waals surface area contributed by atoms with Gasteiger partial charge in [-0.2, -0.15) is 0 Å². The van der Waals surface area contributed by atoms with E-state index in [1.54, 1.807) is 0 Å².